The highest BCUT2D eigenvalue weighted by Crippen LogP contribution is 2.15. The lowest BCUT2D eigenvalue weighted by Gasteiger charge is -2.04. The number of ether oxygens (including phenoxy) is 1. The van der Waals surface area contributed by atoms with E-state index in [1.807, 2.05) is 31.2 Å². The SMILES string of the molecule is CCOc1ccc(-n2c(=S)[nH][nH]c2=S)cc1. The fourth-order valence-corrected chi connectivity index (χ4v) is 1.96. The molecular formula is C10H11N3OS2. The van der Waals surface area contributed by atoms with E-state index in [1.165, 1.54) is 0 Å². The quantitative estimate of drug-likeness (QED) is 0.827. The van der Waals surface area contributed by atoms with Crippen LogP contribution in [-0.2, 0) is 0 Å². The molecule has 6 heteroatoms. The van der Waals surface area contributed by atoms with Crippen molar-refractivity contribution in [2.45, 2.75) is 6.92 Å². The summed E-state index contributed by atoms with van der Waals surface area (Å²) < 4.78 is 8.21. The molecule has 0 atom stereocenters. The summed E-state index contributed by atoms with van der Waals surface area (Å²) in [7, 11) is 0. The molecule has 1 heterocycles. The van der Waals surface area contributed by atoms with E-state index in [0.29, 0.717) is 16.1 Å². The molecule has 0 saturated heterocycles. The molecule has 0 aliphatic heterocycles. The fourth-order valence-electron chi connectivity index (χ4n) is 1.40. The number of benzene rings is 1. The molecular weight excluding hydrogens is 242 g/mol. The molecule has 0 aliphatic rings. The van der Waals surface area contributed by atoms with Gasteiger partial charge in [0.25, 0.3) is 0 Å². The number of aromatic nitrogens is 3. The number of hydrogen-bond acceptors (Lipinski definition) is 3. The molecule has 0 amide bonds. The predicted molar refractivity (Wildman–Crippen MR) is 67.3 cm³/mol. The van der Waals surface area contributed by atoms with E-state index < -0.39 is 0 Å². The van der Waals surface area contributed by atoms with Gasteiger partial charge in [0, 0.05) is 0 Å². The van der Waals surface area contributed by atoms with Gasteiger partial charge in [0.1, 0.15) is 5.75 Å². The Hall–Kier alpha value is -1.40. The Morgan fingerprint density at radius 1 is 1.12 bits per heavy atom. The predicted octanol–water partition coefficient (Wildman–Crippen LogP) is 2.99. The summed E-state index contributed by atoms with van der Waals surface area (Å²) >= 11 is 10.2. The molecule has 0 fully saturated rings. The maximum Gasteiger partial charge on any atom is 0.198 e. The van der Waals surface area contributed by atoms with Gasteiger partial charge in [-0.25, -0.2) is 0 Å². The zero-order valence-corrected chi connectivity index (χ0v) is 10.3. The standard InChI is InChI=1S/C10H11N3OS2/c1-2-14-8-5-3-7(4-6-8)13-9(15)11-12-10(13)16/h3-6H,2H2,1H3,(H,11,15)(H,12,16). The molecule has 16 heavy (non-hydrogen) atoms. The van der Waals surface area contributed by atoms with Gasteiger partial charge >= 0.3 is 0 Å². The van der Waals surface area contributed by atoms with Gasteiger partial charge in [0.05, 0.1) is 12.3 Å². The fraction of sp³-hybridized carbons (Fsp3) is 0.200. The van der Waals surface area contributed by atoms with Crippen molar-refractivity contribution in [1.82, 2.24) is 14.8 Å². The van der Waals surface area contributed by atoms with E-state index in [0.717, 1.165) is 11.4 Å². The van der Waals surface area contributed by atoms with Crippen molar-refractivity contribution < 1.29 is 4.74 Å². The molecule has 0 aliphatic carbocycles. The second-order valence-electron chi connectivity index (χ2n) is 3.12. The second-order valence-corrected chi connectivity index (χ2v) is 3.90. The highest BCUT2D eigenvalue weighted by atomic mass is 32.1. The minimum Gasteiger partial charge on any atom is -0.494 e. The first-order valence-electron chi connectivity index (χ1n) is 4.85. The number of rotatable bonds is 3. The van der Waals surface area contributed by atoms with E-state index >= 15 is 0 Å². The maximum absolute atomic E-state index is 5.36. The van der Waals surface area contributed by atoms with E-state index in [1.54, 1.807) is 4.57 Å². The lowest BCUT2D eigenvalue weighted by molar-refractivity contribution is 0.340. The highest BCUT2D eigenvalue weighted by molar-refractivity contribution is 7.72. The Morgan fingerprint density at radius 2 is 1.69 bits per heavy atom. The van der Waals surface area contributed by atoms with Gasteiger partial charge < -0.3 is 4.74 Å². The molecule has 0 saturated carbocycles. The van der Waals surface area contributed by atoms with Gasteiger partial charge in [-0.3, -0.25) is 14.8 Å². The Kier molecular flexibility index (Phi) is 3.21. The van der Waals surface area contributed by atoms with Crippen molar-refractivity contribution in [3.63, 3.8) is 0 Å². The maximum atomic E-state index is 5.36. The van der Waals surface area contributed by atoms with Crippen molar-refractivity contribution in [3.05, 3.63) is 33.8 Å². The molecule has 0 spiro atoms. The lowest BCUT2D eigenvalue weighted by atomic mass is 10.3. The van der Waals surface area contributed by atoms with Crippen LogP contribution in [0.3, 0.4) is 0 Å². The summed E-state index contributed by atoms with van der Waals surface area (Å²) in [6.07, 6.45) is 0. The van der Waals surface area contributed by atoms with Crippen LogP contribution >= 0.6 is 24.4 Å². The Labute approximate surface area is 103 Å². The smallest absolute Gasteiger partial charge is 0.198 e. The van der Waals surface area contributed by atoms with Crippen LogP contribution in [-0.4, -0.2) is 21.4 Å². The topological polar surface area (TPSA) is 45.7 Å². The van der Waals surface area contributed by atoms with Crippen molar-refractivity contribution in [2.24, 2.45) is 0 Å². The van der Waals surface area contributed by atoms with Gasteiger partial charge in [0.15, 0.2) is 9.54 Å². The molecule has 0 radical (unpaired) electrons. The third kappa shape index (κ3) is 2.07. The average Bonchev–Trinajstić information content (AvgIpc) is 2.61. The van der Waals surface area contributed by atoms with E-state index in [-0.39, 0.29) is 0 Å². The molecule has 0 unspecified atom stereocenters. The third-order valence-electron chi connectivity index (χ3n) is 2.09. The monoisotopic (exact) mass is 253 g/mol. The van der Waals surface area contributed by atoms with Gasteiger partial charge in [-0.2, -0.15) is 0 Å². The largest absolute Gasteiger partial charge is 0.494 e. The van der Waals surface area contributed by atoms with Gasteiger partial charge in [-0.1, -0.05) is 0 Å². The first-order chi connectivity index (χ1) is 7.72. The molecule has 2 N–H and O–H groups in total. The first-order valence-corrected chi connectivity index (χ1v) is 5.67. The molecule has 1 aromatic heterocycles. The van der Waals surface area contributed by atoms with Crippen LogP contribution in [0, 0.1) is 9.54 Å². The van der Waals surface area contributed by atoms with Gasteiger partial charge in [0.2, 0.25) is 0 Å². The summed E-state index contributed by atoms with van der Waals surface area (Å²) in [4.78, 5) is 0. The van der Waals surface area contributed by atoms with Crippen LogP contribution in [0.1, 0.15) is 6.92 Å². The van der Waals surface area contributed by atoms with Gasteiger partial charge in [-0.15, -0.1) is 0 Å². The van der Waals surface area contributed by atoms with Crippen LogP contribution in [0.5, 0.6) is 5.75 Å². The van der Waals surface area contributed by atoms with E-state index in [2.05, 4.69) is 10.2 Å². The Balaban J connectivity index is 2.43. The number of nitrogens with one attached hydrogen (secondary N) is 2. The van der Waals surface area contributed by atoms with E-state index in [4.69, 9.17) is 29.2 Å². The molecule has 0 bridgehead atoms. The molecule has 2 aromatic rings. The third-order valence-corrected chi connectivity index (χ3v) is 2.66. The average molecular weight is 253 g/mol. The summed E-state index contributed by atoms with van der Waals surface area (Å²) in [5.41, 5.74) is 0.913. The van der Waals surface area contributed by atoms with Crippen LogP contribution in [0.25, 0.3) is 5.69 Å². The van der Waals surface area contributed by atoms with Gasteiger partial charge in [-0.05, 0) is 55.6 Å². The Bertz CT molecular complexity index is 552. The minimum atomic E-state index is 0.550. The van der Waals surface area contributed by atoms with Crippen molar-refractivity contribution in [1.29, 1.82) is 0 Å². The number of aromatic amines is 2. The molecule has 84 valence electrons. The Morgan fingerprint density at radius 3 is 2.19 bits per heavy atom. The summed E-state index contributed by atoms with van der Waals surface area (Å²) in [5.74, 6) is 0.836. The van der Waals surface area contributed by atoms with Crippen molar-refractivity contribution in [2.75, 3.05) is 6.61 Å². The van der Waals surface area contributed by atoms with Crippen LogP contribution < -0.4 is 4.74 Å². The zero-order valence-electron chi connectivity index (χ0n) is 8.69. The summed E-state index contributed by atoms with van der Waals surface area (Å²) in [6.45, 7) is 2.61. The molecule has 4 nitrogen and oxygen atoms in total. The van der Waals surface area contributed by atoms with Crippen LogP contribution in [0.4, 0.5) is 0 Å². The minimum absolute atomic E-state index is 0.550. The zero-order chi connectivity index (χ0) is 11.5. The van der Waals surface area contributed by atoms with Crippen molar-refractivity contribution >= 4 is 24.4 Å². The van der Waals surface area contributed by atoms with E-state index in [9.17, 15) is 0 Å². The normalized spacial score (nSPS) is 10.3. The highest BCUT2D eigenvalue weighted by Gasteiger charge is 2.00. The summed E-state index contributed by atoms with van der Waals surface area (Å²) in [5, 5.41) is 5.59. The van der Waals surface area contributed by atoms with Crippen LogP contribution in [0.15, 0.2) is 24.3 Å². The number of hydrogen-bond donors (Lipinski definition) is 2. The number of nitrogens with zero attached hydrogens (tertiary/aromatic N) is 1. The molecule has 2 rings (SSSR count). The molecule has 1 aromatic carbocycles. The van der Waals surface area contributed by atoms with Crippen LogP contribution in [0.2, 0.25) is 0 Å². The first kappa shape index (κ1) is 11.1. The second kappa shape index (κ2) is 4.63. The lowest BCUT2D eigenvalue weighted by Crippen LogP contribution is -1.95. The number of H-pyrrole nitrogens is 2. The van der Waals surface area contributed by atoms with Crippen molar-refractivity contribution in [3.8, 4) is 11.4 Å². The summed E-state index contributed by atoms with van der Waals surface area (Å²) in [6, 6.07) is 7.61.